The van der Waals surface area contributed by atoms with E-state index in [9.17, 15) is 0 Å². The van der Waals surface area contributed by atoms with E-state index in [1.54, 1.807) is 0 Å². The second kappa shape index (κ2) is 10.4. The fourth-order valence-electron chi connectivity index (χ4n) is 10.2. The predicted molar refractivity (Wildman–Crippen MR) is 213 cm³/mol. The summed E-state index contributed by atoms with van der Waals surface area (Å²) in [5.74, 6) is 0.641. The highest BCUT2D eigenvalue weighted by atomic mass is 16.3. The molecule has 0 bridgehead atoms. The summed E-state index contributed by atoms with van der Waals surface area (Å²) in [6, 6.07) is 69.4. The standard InChI is InChI=1S/C51H31NO/c1-2-13-35(14-3-1)50-40-18-6-4-15-36(40)38-17-12-22-45(48(38)50)51(44-21-9-8-20-43(44)50)41-19-7-5-16-37(41)39-31-34(29-30-42(39)51)32-25-27-33(28-26-32)49-52-46-23-10-11-24-47(46)53-49/h1-31H. The van der Waals surface area contributed by atoms with Gasteiger partial charge in [-0.05, 0) is 108 Å². The average Bonchev–Trinajstić information content (AvgIpc) is 3.89. The van der Waals surface area contributed by atoms with Gasteiger partial charge in [0.1, 0.15) is 5.52 Å². The van der Waals surface area contributed by atoms with Gasteiger partial charge in [0.15, 0.2) is 5.58 Å². The molecule has 0 fully saturated rings. The number of oxazole rings is 1. The van der Waals surface area contributed by atoms with Crippen LogP contribution < -0.4 is 0 Å². The molecule has 0 saturated carbocycles. The van der Waals surface area contributed by atoms with Crippen LogP contribution in [0.15, 0.2) is 192 Å². The summed E-state index contributed by atoms with van der Waals surface area (Å²) in [6.45, 7) is 0. The Morgan fingerprint density at radius 1 is 0.358 bits per heavy atom. The molecule has 0 aliphatic heterocycles. The Balaban J connectivity index is 1.10. The Bertz CT molecular complexity index is 2920. The van der Waals surface area contributed by atoms with Crippen LogP contribution in [0, 0.1) is 0 Å². The number of fused-ring (bicyclic) bond motifs is 13. The lowest BCUT2D eigenvalue weighted by Crippen LogP contribution is -2.43. The van der Waals surface area contributed by atoms with E-state index >= 15 is 0 Å². The topological polar surface area (TPSA) is 26.0 Å². The molecule has 2 nitrogen and oxygen atoms in total. The van der Waals surface area contributed by atoms with Crippen LogP contribution >= 0.6 is 0 Å². The van der Waals surface area contributed by atoms with E-state index in [0.717, 1.165) is 22.2 Å². The average molecular weight is 674 g/mol. The number of rotatable bonds is 3. The van der Waals surface area contributed by atoms with Gasteiger partial charge in [-0.1, -0.05) is 158 Å². The Labute approximate surface area is 307 Å². The van der Waals surface area contributed by atoms with E-state index in [0.29, 0.717) is 5.89 Å². The number of benzene rings is 8. The minimum absolute atomic E-state index is 0.431. The van der Waals surface area contributed by atoms with Crippen molar-refractivity contribution in [3.8, 4) is 44.8 Å². The van der Waals surface area contributed by atoms with Gasteiger partial charge in [-0.15, -0.1) is 0 Å². The van der Waals surface area contributed by atoms with Crippen molar-refractivity contribution < 1.29 is 4.42 Å². The molecule has 9 aromatic rings. The second-order valence-electron chi connectivity index (χ2n) is 14.6. The van der Waals surface area contributed by atoms with Crippen molar-refractivity contribution in [3.63, 3.8) is 0 Å². The van der Waals surface area contributed by atoms with E-state index in [-0.39, 0.29) is 0 Å². The van der Waals surface area contributed by atoms with E-state index in [2.05, 4.69) is 164 Å². The third-order valence-electron chi connectivity index (χ3n) is 12.2. The van der Waals surface area contributed by atoms with Crippen molar-refractivity contribution in [2.45, 2.75) is 10.8 Å². The Hall–Kier alpha value is -6.77. The monoisotopic (exact) mass is 673 g/mol. The van der Waals surface area contributed by atoms with Crippen molar-refractivity contribution >= 4 is 11.1 Å². The van der Waals surface area contributed by atoms with E-state index < -0.39 is 10.8 Å². The maximum atomic E-state index is 6.09. The molecule has 2 heteroatoms. The molecule has 0 N–H and O–H groups in total. The molecule has 1 aromatic heterocycles. The number of hydrogen-bond donors (Lipinski definition) is 0. The normalized spacial score (nSPS) is 18.3. The van der Waals surface area contributed by atoms with Crippen molar-refractivity contribution in [3.05, 3.63) is 233 Å². The molecule has 8 aromatic carbocycles. The van der Waals surface area contributed by atoms with Crippen LogP contribution in [-0.4, -0.2) is 4.98 Å². The molecule has 3 aliphatic rings. The highest BCUT2D eigenvalue weighted by molar-refractivity contribution is 5.96. The van der Waals surface area contributed by atoms with Crippen LogP contribution in [0.4, 0.5) is 0 Å². The summed E-state index contributed by atoms with van der Waals surface area (Å²) >= 11 is 0. The Morgan fingerprint density at radius 2 is 0.906 bits per heavy atom. The van der Waals surface area contributed by atoms with Crippen molar-refractivity contribution in [2.24, 2.45) is 0 Å². The largest absolute Gasteiger partial charge is 0.436 e. The van der Waals surface area contributed by atoms with Crippen LogP contribution in [0.25, 0.3) is 55.9 Å². The summed E-state index contributed by atoms with van der Waals surface area (Å²) in [5.41, 5.74) is 20.2. The first-order chi connectivity index (χ1) is 26.3. The molecule has 246 valence electrons. The van der Waals surface area contributed by atoms with Gasteiger partial charge < -0.3 is 4.42 Å². The van der Waals surface area contributed by atoms with Crippen molar-refractivity contribution in [1.29, 1.82) is 0 Å². The van der Waals surface area contributed by atoms with Gasteiger partial charge in [-0.25, -0.2) is 4.98 Å². The van der Waals surface area contributed by atoms with Gasteiger partial charge >= 0.3 is 0 Å². The zero-order chi connectivity index (χ0) is 34.7. The molecule has 3 aliphatic carbocycles. The predicted octanol–water partition coefficient (Wildman–Crippen LogP) is 12.2. The van der Waals surface area contributed by atoms with Crippen LogP contribution in [0.2, 0.25) is 0 Å². The summed E-state index contributed by atoms with van der Waals surface area (Å²) in [5, 5.41) is 0. The first-order valence-electron chi connectivity index (χ1n) is 18.4. The molecule has 0 radical (unpaired) electrons. The Morgan fingerprint density at radius 3 is 1.68 bits per heavy atom. The van der Waals surface area contributed by atoms with Crippen LogP contribution in [0.3, 0.4) is 0 Å². The van der Waals surface area contributed by atoms with Crippen molar-refractivity contribution in [2.75, 3.05) is 0 Å². The van der Waals surface area contributed by atoms with Crippen LogP contribution in [-0.2, 0) is 10.8 Å². The first-order valence-corrected chi connectivity index (χ1v) is 18.4. The van der Waals surface area contributed by atoms with E-state index in [4.69, 9.17) is 9.40 Å². The van der Waals surface area contributed by atoms with Gasteiger partial charge in [0.05, 0.1) is 10.8 Å². The summed E-state index contributed by atoms with van der Waals surface area (Å²) in [6.07, 6.45) is 0. The zero-order valence-corrected chi connectivity index (χ0v) is 28.8. The molecule has 2 unspecified atom stereocenters. The zero-order valence-electron chi connectivity index (χ0n) is 28.8. The molecule has 0 amide bonds. The molecule has 12 rings (SSSR count). The van der Waals surface area contributed by atoms with Gasteiger partial charge in [0.2, 0.25) is 5.89 Å². The maximum absolute atomic E-state index is 6.09. The van der Waals surface area contributed by atoms with E-state index in [1.807, 2.05) is 24.3 Å². The first kappa shape index (κ1) is 28.9. The highest BCUT2D eigenvalue weighted by Crippen LogP contribution is 2.68. The maximum Gasteiger partial charge on any atom is 0.227 e. The summed E-state index contributed by atoms with van der Waals surface area (Å²) < 4.78 is 6.09. The molecule has 1 spiro atoms. The van der Waals surface area contributed by atoms with Gasteiger partial charge in [0, 0.05) is 5.56 Å². The fourth-order valence-corrected chi connectivity index (χ4v) is 10.2. The lowest BCUT2D eigenvalue weighted by molar-refractivity contribution is 0.620. The number of aromatic nitrogens is 1. The number of nitrogens with zero attached hydrogens (tertiary/aromatic N) is 1. The van der Waals surface area contributed by atoms with Crippen LogP contribution in [0.1, 0.15) is 44.5 Å². The molecule has 53 heavy (non-hydrogen) atoms. The highest BCUT2D eigenvalue weighted by Gasteiger charge is 2.59. The third-order valence-corrected chi connectivity index (χ3v) is 12.2. The summed E-state index contributed by atoms with van der Waals surface area (Å²) in [7, 11) is 0. The smallest absolute Gasteiger partial charge is 0.227 e. The molecule has 0 saturated heterocycles. The molecular weight excluding hydrogens is 643 g/mol. The minimum atomic E-state index is -0.483. The third kappa shape index (κ3) is 3.55. The molecular formula is C51H31NO. The van der Waals surface area contributed by atoms with E-state index in [1.165, 1.54) is 72.3 Å². The number of hydrogen-bond acceptors (Lipinski definition) is 2. The van der Waals surface area contributed by atoms with Crippen LogP contribution in [0.5, 0.6) is 0 Å². The number of para-hydroxylation sites is 2. The van der Waals surface area contributed by atoms with Gasteiger partial charge in [-0.3, -0.25) is 0 Å². The van der Waals surface area contributed by atoms with Gasteiger partial charge in [-0.2, -0.15) is 0 Å². The molecule has 1 heterocycles. The lowest BCUT2D eigenvalue weighted by atomic mass is 9.52. The minimum Gasteiger partial charge on any atom is -0.436 e. The molecule has 2 atom stereocenters. The van der Waals surface area contributed by atoms with Crippen molar-refractivity contribution in [1.82, 2.24) is 4.98 Å². The Kier molecular flexibility index (Phi) is 5.67. The summed E-state index contributed by atoms with van der Waals surface area (Å²) in [4.78, 5) is 4.73. The second-order valence-corrected chi connectivity index (χ2v) is 14.6. The SMILES string of the molecule is c1ccc(C23c4ccccc4-c4cccc(c42)C2(c4ccccc4-c4cc(-c5ccc(-c6nc7ccccc7o6)cc5)ccc42)c2ccccc23)cc1. The lowest BCUT2D eigenvalue weighted by Gasteiger charge is -2.48. The fraction of sp³-hybridized carbons (Fsp3) is 0.0392. The van der Waals surface area contributed by atoms with Gasteiger partial charge in [0.25, 0.3) is 0 Å². The quantitative estimate of drug-likeness (QED) is 0.187.